The van der Waals surface area contributed by atoms with Crippen LogP contribution in [0.4, 0.5) is 0 Å². The smallest absolute Gasteiger partial charge is 0.290 e. The molecule has 152 valence electrons. The molecular weight excluding hydrogens is 394 g/mol. The van der Waals surface area contributed by atoms with Crippen LogP contribution in [0.3, 0.4) is 0 Å². The lowest BCUT2D eigenvalue weighted by molar-refractivity contribution is -0.130. The summed E-state index contributed by atoms with van der Waals surface area (Å²) < 4.78 is 0. The van der Waals surface area contributed by atoms with Crippen molar-refractivity contribution in [3.05, 3.63) is 112 Å². The molecule has 4 heteroatoms. The van der Waals surface area contributed by atoms with E-state index >= 15 is 0 Å². The molecule has 4 rings (SSSR count). The zero-order chi connectivity index (χ0) is 21.3. The first-order valence-corrected chi connectivity index (χ1v) is 10.5. The zero-order valence-corrected chi connectivity index (χ0v) is 17.8. The fourth-order valence-corrected chi connectivity index (χ4v) is 4.14. The molecule has 0 unspecified atom stereocenters. The number of aliphatic hydroxyl groups excluding tert-OH is 1. The molecule has 0 saturated carbocycles. The highest BCUT2D eigenvalue weighted by Gasteiger charge is 2.41. The summed E-state index contributed by atoms with van der Waals surface area (Å²) in [5.41, 5.74) is 4.50. The topological polar surface area (TPSA) is 40.5 Å². The van der Waals surface area contributed by atoms with Crippen molar-refractivity contribution in [3.63, 3.8) is 0 Å². The van der Waals surface area contributed by atoms with Crippen LogP contribution >= 0.6 is 11.6 Å². The lowest BCUT2D eigenvalue weighted by atomic mass is 9.91. The number of hydrogen-bond donors (Lipinski definition) is 1. The van der Waals surface area contributed by atoms with E-state index in [2.05, 4.69) is 38.1 Å². The second-order valence-electron chi connectivity index (χ2n) is 7.88. The zero-order valence-electron chi connectivity index (χ0n) is 17.0. The van der Waals surface area contributed by atoms with E-state index in [0.717, 1.165) is 16.7 Å². The highest BCUT2D eigenvalue weighted by molar-refractivity contribution is 6.31. The Bertz CT molecular complexity index is 1090. The fraction of sp³-hybridized carbons (Fsp3) is 0.192. The first-order chi connectivity index (χ1) is 14.5. The summed E-state index contributed by atoms with van der Waals surface area (Å²) >= 11 is 6.38. The predicted molar refractivity (Wildman–Crippen MR) is 121 cm³/mol. The van der Waals surface area contributed by atoms with Crippen molar-refractivity contribution in [2.75, 3.05) is 0 Å². The van der Waals surface area contributed by atoms with Crippen LogP contribution in [0.15, 0.2) is 84.6 Å². The number of halogens is 1. The summed E-state index contributed by atoms with van der Waals surface area (Å²) in [5, 5.41) is 11.5. The minimum absolute atomic E-state index is 0.203. The molecule has 1 atom stereocenters. The minimum atomic E-state index is -0.391. The molecule has 1 N–H and O–H groups in total. The van der Waals surface area contributed by atoms with Gasteiger partial charge in [-0.25, -0.2) is 0 Å². The number of amides is 1. The molecule has 1 aliphatic heterocycles. The number of benzene rings is 3. The standard InChI is InChI=1S/C26H24ClNO2/c1-17(2)18-12-14-20(15-13-18)24-23(19-8-4-3-5-9-19)25(29)26(30)28(24)16-21-10-6-7-11-22(21)27/h3-15,17,24,29H,16H2,1-2H3/t24-/m0/s1. The number of hydrogen-bond acceptors (Lipinski definition) is 2. The van der Waals surface area contributed by atoms with Crippen molar-refractivity contribution in [2.24, 2.45) is 0 Å². The van der Waals surface area contributed by atoms with E-state index in [0.29, 0.717) is 23.1 Å². The molecular formula is C26H24ClNO2. The van der Waals surface area contributed by atoms with Crippen LogP contribution in [0.2, 0.25) is 5.02 Å². The molecule has 3 nitrogen and oxygen atoms in total. The molecule has 0 aromatic heterocycles. The van der Waals surface area contributed by atoms with Crippen LogP contribution in [-0.4, -0.2) is 15.9 Å². The summed E-state index contributed by atoms with van der Waals surface area (Å²) in [6, 6.07) is 25.0. The number of aliphatic hydroxyl groups is 1. The first-order valence-electron chi connectivity index (χ1n) is 10.1. The number of carbonyl (C=O) groups excluding carboxylic acids is 1. The summed E-state index contributed by atoms with van der Waals surface area (Å²) in [6.07, 6.45) is 0. The lowest BCUT2D eigenvalue weighted by Gasteiger charge is -2.28. The van der Waals surface area contributed by atoms with Crippen molar-refractivity contribution >= 4 is 23.1 Å². The van der Waals surface area contributed by atoms with E-state index in [1.807, 2.05) is 54.6 Å². The van der Waals surface area contributed by atoms with Gasteiger partial charge >= 0.3 is 0 Å². The Morgan fingerprint density at radius 1 is 0.933 bits per heavy atom. The van der Waals surface area contributed by atoms with Gasteiger partial charge in [0, 0.05) is 17.1 Å². The third-order valence-corrected chi connectivity index (χ3v) is 5.97. The Labute approximate surface area is 182 Å². The monoisotopic (exact) mass is 417 g/mol. The first kappa shape index (κ1) is 20.2. The molecule has 0 bridgehead atoms. The van der Waals surface area contributed by atoms with E-state index in [1.54, 1.807) is 4.90 Å². The molecule has 0 saturated heterocycles. The largest absolute Gasteiger partial charge is 0.503 e. The Kier molecular flexibility index (Phi) is 5.65. The Hall–Kier alpha value is -3.04. The Balaban J connectivity index is 1.81. The van der Waals surface area contributed by atoms with Crippen LogP contribution in [0.5, 0.6) is 0 Å². The number of carbonyl (C=O) groups is 1. The SMILES string of the molecule is CC(C)c1ccc([C@H]2C(c3ccccc3)=C(O)C(=O)N2Cc2ccccc2Cl)cc1. The maximum absolute atomic E-state index is 13.1. The highest BCUT2D eigenvalue weighted by Crippen LogP contribution is 2.44. The van der Waals surface area contributed by atoms with Crippen molar-refractivity contribution in [3.8, 4) is 0 Å². The van der Waals surface area contributed by atoms with Crippen molar-refractivity contribution in [1.82, 2.24) is 4.90 Å². The maximum Gasteiger partial charge on any atom is 0.290 e. The van der Waals surface area contributed by atoms with E-state index in [4.69, 9.17) is 11.6 Å². The molecule has 3 aromatic carbocycles. The van der Waals surface area contributed by atoms with Crippen molar-refractivity contribution in [1.29, 1.82) is 0 Å². The van der Waals surface area contributed by atoms with Gasteiger partial charge in [-0.15, -0.1) is 0 Å². The van der Waals surface area contributed by atoms with Gasteiger partial charge in [0.15, 0.2) is 5.76 Å². The van der Waals surface area contributed by atoms with E-state index in [-0.39, 0.29) is 11.7 Å². The van der Waals surface area contributed by atoms with Crippen LogP contribution in [0.1, 0.15) is 48.1 Å². The van der Waals surface area contributed by atoms with E-state index < -0.39 is 6.04 Å². The Morgan fingerprint density at radius 3 is 2.20 bits per heavy atom. The average Bonchev–Trinajstić information content (AvgIpc) is 3.01. The van der Waals surface area contributed by atoms with Gasteiger partial charge in [-0.2, -0.15) is 0 Å². The molecule has 1 aliphatic rings. The third kappa shape index (κ3) is 3.73. The van der Waals surface area contributed by atoms with E-state index in [9.17, 15) is 9.90 Å². The van der Waals surface area contributed by atoms with Gasteiger partial charge in [0.25, 0.3) is 5.91 Å². The molecule has 0 spiro atoms. The van der Waals surface area contributed by atoms with Crippen LogP contribution in [0, 0.1) is 0 Å². The second-order valence-corrected chi connectivity index (χ2v) is 8.28. The lowest BCUT2D eigenvalue weighted by Crippen LogP contribution is -2.30. The van der Waals surface area contributed by atoms with Gasteiger partial charge < -0.3 is 10.0 Å². The normalized spacial score (nSPS) is 16.6. The van der Waals surface area contributed by atoms with E-state index in [1.165, 1.54) is 5.56 Å². The fourth-order valence-electron chi connectivity index (χ4n) is 3.95. The summed E-state index contributed by atoms with van der Waals surface area (Å²) in [7, 11) is 0. The van der Waals surface area contributed by atoms with Crippen LogP contribution < -0.4 is 0 Å². The molecule has 0 aliphatic carbocycles. The average molecular weight is 418 g/mol. The van der Waals surface area contributed by atoms with Gasteiger partial charge in [0.05, 0.1) is 6.04 Å². The van der Waals surface area contributed by atoms with Gasteiger partial charge in [-0.3, -0.25) is 4.79 Å². The molecule has 0 radical (unpaired) electrons. The Morgan fingerprint density at radius 2 is 1.57 bits per heavy atom. The van der Waals surface area contributed by atoms with Crippen molar-refractivity contribution in [2.45, 2.75) is 32.4 Å². The summed E-state index contributed by atoms with van der Waals surface area (Å²) in [6.45, 7) is 4.62. The van der Waals surface area contributed by atoms with Crippen LogP contribution in [-0.2, 0) is 11.3 Å². The quantitative estimate of drug-likeness (QED) is 0.513. The van der Waals surface area contributed by atoms with Crippen LogP contribution in [0.25, 0.3) is 5.57 Å². The second kappa shape index (κ2) is 8.37. The number of rotatable bonds is 5. The number of nitrogens with zero attached hydrogens (tertiary/aromatic N) is 1. The van der Waals surface area contributed by atoms with Gasteiger partial charge in [-0.1, -0.05) is 98.2 Å². The van der Waals surface area contributed by atoms with Gasteiger partial charge in [-0.05, 0) is 34.2 Å². The van der Waals surface area contributed by atoms with Gasteiger partial charge in [0.2, 0.25) is 0 Å². The minimum Gasteiger partial charge on any atom is -0.503 e. The predicted octanol–water partition coefficient (Wildman–Crippen LogP) is 6.52. The maximum atomic E-state index is 13.1. The van der Waals surface area contributed by atoms with Gasteiger partial charge in [0.1, 0.15) is 0 Å². The molecule has 3 aromatic rings. The molecule has 0 fully saturated rings. The third-order valence-electron chi connectivity index (χ3n) is 5.61. The highest BCUT2D eigenvalue weighted by atomic mass is 35.5. The summed E-state index contributed by atoms with van der Waals surface area (Å²) in [4.78, 5) is 14.8. The molecule has 1 amide bonds. The summed E-state index contributed by atoms with van der Waals surface area (Å²) in [5.74, 6) is -0.168. The molecule has 1 heterocycles. The van der Waals surface area contributed by atoms with Crippen molar-refractivity contribution < 1.29 is 9.90 Å². The molecule has 30 heavy (non-hydrogen) atoms.